The second kappa shape index (κ2) is 4.50. The fraction of sp³-hybridized carbons (Fsp3) is 1.00. The van der Waals surface area contributed by atoms with Gasteiger partial charge in [-0.25, -0.2) is 0 Å². The number of hydrogen-bond donors (Lipinski definition) is 0. The SMILES string of the molecule is CN1CCN(C)C1C1CCCC(Br)C1. The Bertz CT molecular complexity index is 188. The molecule has 0 aromatic heterocycles. The Labute approximate surface area is 95.8 Å². The zero-order valence-electron chi connectivity index (χ0n) is 9.25. The molecule has 2 fully saturated rings. The van der Waals surface area contributed by atoms with Crippen LogP contribution in [0.5, 0.6) is 0 Å². The van der Waals surface area contributed by atoms with E-state index in [1.54, 1.807) is 0 Å². The summed E-state index contributed by atoms with van der Waals surface area (Å²) in [5, 5.41) is 0. The fourth-order valence-corrected chi connectivity index (χ4v) is 3.88. The van der Waals surface area contributed by atoms with Gasteiger partial charge in [0, 0.05) is 17.9 Å². The largest absolute Gasteiger partial charge is 0.289 e. The topological polar surface area (TPSA) is 6.48 Å². The maximum Gasteiger partial charge on any atom is 0.0647 e. The van der Waals surface area contributed by atoms with E-state index in [1.165, 1.54) is 38.8 Å². The molecule has 3 heteroatoms. The van der Waals surface area contributed by atoms with E-state index in [-0.39, 0.29) is 0 Å². The molecule has 2 nitrogen and oxygen atoms in total. The molecule has 82 valence electrons. The normalized spacial score (nSPS) is 37.9. The summed E-state index contributed by atoms with van der Waals surface area (Å²) in [5.41, 5.74) is 0. The molecule has 1 heterocycles. The molecule has 1 aliphatic heterocycles. The Hall–Kier alpha value is 0.400. The lowest BCUT2D eigenvalue weighted by Crippen LogP contribution is -2.43. The van der Waals surface area contributed by atoms with Crippen molar-refractivity contribution in [2.75, 3.05) is 27.2 Å². The van der Waals surface area contributed by atoms with Crippen molar-refractivity contribution >= 4 is 15.9 Å². The summed E-state index contributed by atoms with van der Waals surface area (Å²) in [7, 11) is 4.54. The first kappa shape index (κ1) is 10.9. The van der Waals surface area contributed by atoms with E-state index in [0.717, 1.165) is 10.7 Å². The predicted molar refractivity (Wildman–Crippen MR) is 63.7 cm³/mol. The van der Waals surface area contributed by atoms with Crippen LogP contribution in [0.4, 0.5) is 0 Å². The van der Waals surface area contributed by atoms with Gasteiger partial charge in [-0.05, 0) is 39.3 Å². The van der Waals surface area contributed by atoms with E-state index in [9.17, 15) is 0 Å². The maximum atomic E-state index is 3.78. The third kappa shape index (κ3) is 2.15. The van der Waals surface area contributed by atoms with E-state index in [4.69, 9.17) is 0 Å². The van der Waals surface area contributed by atoms with Crippen molar-refractivity contribution < 1.29 is 0 Å². The average molecular weight is 261 g/mol. The van der Waals surface area contributed by atoms with Crippen LogP contribution in [-0.4, -0.2) is 48.0 Å². The van der Waals surface area contributed by atoms with Crippen molar-refractivity contribution in [3.63, 3.8) is 0 Å². The molecule has 2 unspecified atom stereocenters. The zero-order chi connectivity index (χ0) is 10.1. The van der Waals surface area contributed by atoms with Crippen LogP contribution >= 0.6 is 15.9 Å². The highest BCUT2D eigenvalue weighted by Gasteiger charge is 2.35. The van der Waals surface area contributed by atoms with Crippen molar-refractivity contribution in [3.8, 4) is 0 Å². The lowest BCUT2D eigenvalue weighted by atomic mass is 9.86. The second-order valence-electron chi connectivity index (χ2n) is 4.90. The Morgan fingerprint density at radius 1 is 1.07 bits per heavy atom. The quantitative estimate of drug-likeness (QED) is 0.667. The van der Waals surface area contributed by atoms with Crippen molar-refractivity contribution in [1.82, 2.24) is 9.80 Å². The van der Waals surface area contributed by atoms with Crippen molar-refractivity contribution in [1.29, 1.82) is 0 Å². The fourth-order valence-electron chi connectivity index (χ4n) is 3.07. The zero-order valence-corrected chi connectivity index (χ0v) is 10.8. The molecule has 1 saturated carbocycles. The van der Waals surface area contributed by atoms with Crippen LogP contribution in [-0.2, 0) is 0 Å². The highest BCUT2D eigenvalue weighted by atomic mass is 79.9. The molecule has 2 atom stereocenters. The van der Waals surface area contributed by atoms with E-state index in [1.807, 2.05) is 0 Å². The van der Waals surface area contributed by atoms with Gasteiger partial charge in [0.05, 0.1) is 6.17 Å². The first-order valence-electron chi connectivity index (χ1n) is 5.73. The Morgan fingerprint density at radius 3 is 2.29 bits per heavy atom. The minimum atomic E-state index is 0.704. The molecule has 2 rings (SSSR count). The number of hydrogen-bond acceptors (Lipinski definition) is 2. The van der Waals surface area contributed by atoms with Crippen LogP contribution in [0.1, 0.15) is 25.7 Å². The summed E-state index contributed by atoms with van der Waals surface area (Å²) in [6.45, 7) is 2.48. The summed E-state index contributed by atoms with van der Waals surface area (Å²) in [6, 6.07) is 0. The van der Waals surface area contributed by atoms with Gasteiger partial charge in [0.2, 0.25) is 0 Å². The smallest absolute Gasteiger partial charge is 0.0647 e. The monoisotopic (exact) mass is 260 g/mol. The standard InChI is InChI=1S/C11H21BrN2/c1-13-6-7-14(2)11(13)9-4-3-5-10(12)8-9/h9-11H,3-8H2,1-2H3. The molecule has 0 aromatic rings. The van der Waals surface area contributed by atoms with E-state index in [2.05, 4.69) is 39.8 Å². The molecule has 0 bridgehead atoms. The van der Waals surface area contributed by atoms with Gasteiger partial charge in [-0.3, -0.25) is 9.80 Å². The molecule has 0 aromatic carbocycles. The van der Waals surface area contributed by atoms with E-state index >= 15 is 0 Å². The van der Waals surface area contributed by atoms with Gasteiger partial charge >= 0.3 is 0 Å². The molecule has 1 saturated heterocycles. The van der Waals surface area contributed by atoms with Gasteiger partial charge in [0.15, 0.2) is 0 Å². The minimum Gasteiger partial charge on any atom is -0.289 e. The number of alkyl halides is 1. The van der Waals surface area contributed by atoms with Gasteiger partial charge < -0.3 is 0 Å². The lowest BCUT2D eigenvalue weighted by Gasteiger charge is -2.37. The molecule has 0 N–H and O–H groups in total. The molecule has 0 radical (unpaired) electrons. The highest BCUT2D eigenvalue weighted by Crippen LogP contribution is 2.34. The Kier molecular flexibility index (Phi) is 3.50. The first-order valence-corrected chi connectivity index (χ1v) is 6.64. The number of rotatable bonds is 1. The van der Waals surface area contributed by atoms with Gasteiger partial charge in [0.25, 0.3) is 0 Å². The van der Waals surface area contributed by atoms with Crippen LogP contribution in [0.15, 0.2) is 0 Å². The summed E-state index contributed by atoms with van der Waals surface area (Å²) in [6.07, 6.45) is 6.26. The second-order valence-corrected chi connectivity index (χ2v) is 6.19. The molecular weight excluding hydrogens is 240 g/mol. The predicted octanol–water partition coefficient (Wildman–Crippen LogP) is 2.14. The maximum absolute atomic E-state index is 3.78. The molecule has 2 aliphatic rings. The van der Waals surface area contributed by atoms with Crippen LogP contribution in [0.2, 0.25) is 0 Å². The molecule has 0 spiro atoms. The minimum absolute atomic E-state index is 0.704. The molecule has 14 heavy (non-hydrogen) atoms. The van der Waals surface area contributed by atoms with E-state index < -0.39 is 0 Å². The summed E-state index contributed by atoms with van der Waals surface area (Å²) in [4.78, 5) is 5.81. The third-order valence-electron chi connectivity index (χ3n) is 3.78. The van der Waals surface area contributed by atoms with Crippen molar-refractivity contribution in [2.24, 2.45) is 5.92 Å². The highest BCUT2D eigenvalue weighted by molar-refractivity contribution is 9.09. The Balaban J connectivity index is 1.98. The van der Waals surface area contributed by atoms with Gasteiger partial charge in [-0.1, -0.05) is 22.4 Å². The first-order chi connectivity index (χ1) is 6.68. The summed E-state index contributed by atoms with van der Waals surface area (Å²) < 4.78 is 0. The van der Waals surface area contributed by atoms with E-state index in [0.29, 0.717) is 6.17 Å². The third-order valence-corrected chi connectivity index (χ3v) is 4.61. The summed E-state index contributed by atoms with van der Waals surface area (Å²) in [5.74, 6) is 0.880. The van der Waals surface area contributed by atoms with Crippen LogP contribution in [0.3, 0.4) is 0 Å². The van der Waals surface area contributed by atoms with Crippen molar-refractivity contribution in [2.45, 2.75) is 36.7 Å². The van der Waals surface area contributed by atoms with Crippen LogP contribution < -0.4 is 0 Å². The van der Waals surface area contributed by atoms with Crippen LogP contribution in [0.25, 0.3) is 0 Å². The molecular formula is C11H21BrN2. The van der Waals surface area contributed by atoms with Gasteiger partial charge in [-0.2, -0.15) is 0 Å². The number of likely N-dealkylation sites (N-methyl/N-ethyl adjacent to an activating group) is 2. The number of halogens is 1. The van der Waals surface area contributed by atoms with Gasteiger partial charge in [-0.15, -0.1) is 0 Å². The lowest BCUT2D eigenvalue weighted by molar-refractivity contribution is 0.0943. The Morgan fingerprint density at radius 2 is 1.71 bits per heavy atom. The van der Waals surface area contributed by atoms with Crippen molar-refractivity contribution in [3.05, 3.63) is 0 Å². The summed E-state index contributed by atoms with van der Waals surface area (Å²) >= 11 is 3.78. The van der Waals surface area contributed by atoms with Gasteiger partial charge in [0.1, 0.15) is 0 Å². The van der Waals surface area contributed by atoms with Crippen LogP contribution in [0, 0.1) is 5.92 Å². The number of nitrogens with zero attached hydrogens (tertiary/aromatic N) is 2. The average Bonchev–Trinajstić information content (AvgIpc) is 2.46. The molecule has 0 amide bonds. The molecule has 1 aliphatic carbocycles.